The molecular weight excluding hydrogens is 182 g/mol. The van der Waals surface area contributed by atoms with Crippen molar-refractivity contribution in [2.24, 2.45) is 5.73 Å². The molecule has 5 heteroatoms. The maximum Gasteiger partial charge on any atom is 0.305 e. The summed E-state index contributed by atoms with van der Waals surface area (Å²) >= 11 is 0. The first-order valence-corrected chi connectivity index (χ1v) is 4.21. The molecule has 0 spiro atoms. The van der Waals surface area contributed by atoms with Crippen LogP contribution in [0.25, 0.3) is 0 Å². The van der Waals surface area contributed by atoms with Gasteiger partial charge in [0.05, 0.1) is 6.42 Å². The van der Waals surface area contributed by atoms with Crippen LogP contribution in [0.15, 0.2) is 12.1 Å². The standard InChI is InChI=1S/C9H13N3O2/c1-5-6(2-3-8(11)12-5)7(10)4-9(13)14/h2-3,7H,4,10H2,1H3,(H2,11,12)(H,13,14). The zero-order valence-corrected chi connectivity index (χ0v) is 7.90. The van der Waals surface area contributed by atoms with E-state index in [9.17, 15) is 4.79 Å². The van der Waals surface area contributed by atoms with Gasteiger partial charge in [-0.3, -0.25) is 4.79 Å². The van der Waals surface area contributed by atoms with E-state index in [1.807, 2.05) is 0 Å². The van der Waals surface area contributed by atoms with E-state index in [1.165, 1.54) is 0 Å². The molecule has 14 heavy (non-hydrogen) atoms. The van der Waals surface area contributed by atoms with Gasteiger partial charge in [0.15, 0.2) is 0 Å². The molecule has 0 radical (unpaired) electrons. The maximum absolute atomic E-state index is 10.4. The van der Waals surface area contributed by atoms with Crippen molar-refractivity contribution in [1.82, 2.24) is 4.98 Å². The second-order valence-electron chi connectivity index (χ2n) is 3.12. The number of rotatable bonds is 3. The van der Waals surface area contributed by atoms with E-state index >= 15 is 0 Å². The minimum absolute atomic E-state index is 0.105. The molecule has 1 atom stereocenters. The third-order valence-electron chi connectivity index (χ3n) is 1.94. The Morgan fingerprint density at radius 3 is 2.79 bits per heavy atom. The second-order valence-corrected chi connectivity index (χ2v) is 3.12. The van der Waals surface area contributed by atoms with E-state index in [0.29, 0.717) is 11.5 Å². The van der Waals surface area contributed by atoms with Crippen molar-refractivity contribution in [2.75, 3.05) is 5.73 Å². The Bertz CT molecular complexity index is 352. The number of aryl methyl sites for hydroxylation is 1. The third-order valence-corrected chi connectivity index (χ3v) is 1.94. The van der Waals surface area contributed by atoms with Gasteiger partial charge in [0.1, 0.15) is 5.82 Å². The fourth-order valence-electron chi connectivity index (χ4n) is 1.28. The lowest BCUT2D eigenvalue weighted by Gasteiger charge is -2.11. The van der Waals surface area contributed by atoms with Gasteiger partial charge in [0, 0.05) is 11.7 Å². The van der Waals surface area contributed by atoms with Crippen LogP contribution < -0.4 is 11.5 Å². The molecule has 0 amide bonds. The number of carboxylic acids is 1. The van der Waals surface area contributed by atoms with Crippen LogP contribution in [0.1, 0.15) is 23.7 Å². The Balaban J connectivity index is 2.90. The van der Waals surface area contributed by atoms with Crippen LogP contribution in [0.2, 0.25) is 0 Å². The van der Waals surface area contributed by atoms with Crippen molar-refractivity contribution >= 4 is 11.8 Å². The number of carbonyl (C=O) groups is 1. The number of carboxylic acid groups (broad SMARTS) is 1. The lowest BCUT2D eigenvalue weighted by molar-refractivity contribution is -0.137. The topological polar surface area (TPSA) is 102 Å². The summed E-state index contributed by atoms with van der Waals surface area (Å²) in [5, 5.41) is 8.57. The van der Waals surface area contributed by atoms with Crippen LogP contribution >= 0.6 is 0 Å². The first kappa shape index (κ1) is 10.5. The number of aromatic nitrogens is 1. The Labute approximate surface area is 81.7 Å². The van der Waals surface area contributed by atoms with Crippen LogP contribution in [0, 0.1) is 6.92 Å². The fraction of sp³-hybridized carbons (Fsp3) is 0.333. The molecule has 1 heterocycles. The number of hydrogen-bond donors (Lipinski definition) is 3. The summed E-state index contributed by atoms with van der Waals surface area (Å²) in [6, 6.07) is 2.80. The third kappa shape index (κ3) is 2.43. The summed E-state index contributed by atoms with van der Waals surface area (Å²) in [6.07, 6.45) is -0.105. The highest BCUT2D eigenvalue weighted by Gasteiger charge is 2.13. The molecule has 0 aliphatic rings. The smallest absolute Gasteiger partial charge is 0.305 e. The SMILES string of the molecule is Cc1nc(N)ccc1C(N)CC(=O)O. The Kier molecular flexibility index (Phi) is 3.03. The molecule has 1 rings (SSSR count). The van der Waals surface area contributed by atoms with Gasteiger partial charge in [-0.2, -0.15) is 0 Å². The number of hydrogen-bond acceptors (Lipinski definition) is 4. The monoisotopic (exact) mass is 195 g/mol. The summed E-state index contributed by atoms with van der Waals surface area (Å²) in [6.45, 7) is 1.76. The van der Waals surface area contributed by atoms with Crippen LogP contribution in [-0.2, 0) is 4.79 Å². The zero-order valence-electron chi connectivity index (χ0n) is 7.90. The molecule has 0 aromatic carbocycles. The van der Waals surface area contributed by atoms with E-state index in [4.69, 9.17) is 16.6 Å². The van der Waals surface area contributed by atoms with Crippen molar-refractivity contribution in [3.05, 3.63) is 23.4 Å². The highest BCUT2D eigenvalue weighted by atomic mass is 16.4. The highest BCUT2D eigenvalue weighted by molar-refractivity contribution is 5.68. The summed E-state index contributed by atoms with van der Waals surface area (Å²) in [5.74, 6) is -0.512. The average molecular weight is 195 g/mol. The highest BCUT2D eigenvalue weighted by Crippen LogP contribution is 2.17. The second kappa shape index (κ2) is 4.06. The fourth-order valence-corrected chi connectivity index (χ4v) is 1.28. The minimum atomic E-state index is -0.922. The van der Waals surface area contributed by atoms with Gasteiger partial charge in [0.2, 0.25) is 0 Å². The summed E-state index contributed by atoms with van der Waals surface area (Å²) in [5.41, 5.74) is 12.5. The molecule has 0 aliphatic heterocycles. The van der Waals surface area contributed by atoms with Gasteiger partial charge in [-0.1, -0.05) is 6.07 Å². The van der Waals surface area contributed by atoms with Crippen LogP contribution in [0.3, 0.4) is 0 Å². The molecule has 1 unspecified atom stereocenters. The van der Waals surface area contributed by atoms with Gasteiger partial charge in [-0.25, -0.2) is 4.98 Å². The molecule has 5 N–H and O–H groups in total. The molecule has 1 aromatic rings. The molecule has 0 fully saturated rings. The Morgan fingerprint density at radius 1 is 1.64 bits per heavy atom. The summed E-state index contributed by atoms with van der Waals surface area (Å²) in [4.78, 5) is 14.4. The van der Waals surface area contributed by atoms with Crippen molar-refractivity contribution in [3.8, 4) is 0 Å². The quantitative estimate of drug-likeness (QED) is 0.649. The summed E-state index contributed by atoms with van der Waals surface area (Å²) in [7, 11) is 0. The van der Waals surface area contributed by atoms with Gasteiger partial charge in [-0.05, 0) is 18.6 Å². The lowest BCUT2D eigenvalue weighted by Crippen LogP contribution is -2.16. The number of aliphatic carboxylic acids is 1. The van der Waals surface area contributed by atoms with E-state index in [2.05, 4.69) is 4.98 Å². The van der Waals surface area contributed by atoms with Gasteiger partial charge < -0.3 is 16.6 Å². The number of nitrogens with two attached hydrogens (primary N) is 2. The minimum Gasteiger partial charge on any atom is -0.481 e. The van der Waals surface area contributed by atoms with Crippen LogP contribution in [-0.4, -0.2) is 16.1 Å². The largest absolute Gasteiger partial charge is 0.481 e. The Hall–Kier alpha value is -1.62. The maximum atomic E-state index is 10.4. The van der Waals surface area contributed by atoms with E-state index in [0.717, 1.165) is 5.56 Å². The van der Waals surface area contributed by atoms with Crippen LogP contribution in [0.4, 0.5) is 5.82 Å². The number of nitrogens with zero attached hydrogens (tertiary/aromatic N) is 1. The normalized spacial score (nSPS) is 12.4. The van der Waals surface area contributed by atoms with Crippen molar-refractivity contribution in [2.45, 2.75) is 19.4 Å². The molecule has 5 nitrogen and oxygen atoms in total. The van der Waals surface area contributed by atoms with Crippen molar-refractivity contribution < 1.29 is 9.90 Å². The predicted molar refractivity (Wildman–Crippen MR) is 52.6 cm³/mol. The van der Waals surface area contributed by atoms with E-state index < -0.39 is 12.0 Å². The predicted octanol–water partition coefficient (Wildman–Crippen LogP) is 0.447. The van der Waals surface area contributed by atoms with Crippen molar-refractivity contribution in [1.29, 1.82) is 0 Å². The van der Waals surface area contributed by atoms with Gasteiger partial charge in [-0.15, -0.1) is 0 Å². The average Bonchev–Trinajstić information content (AvgIpc) is 2.01. The zero-order chi connectivity index (χ0) is 10.7. The first-order chi connectivity index (χ1) is 6.50. The lowest BCUT2D eigenvalue weighted by atomic mass is 10.0. The molecule has 0 saturated carbocycles. The van der Waals surface area contributed by atoms with Crippen LogP contribution in [0.5, 0.6) is 0 Å². The first-order valence-electron chi connectivity index (χ1n) is 4.21. The number of nitrogen functional groups attached to an aromatic ring is 1. The molecule has 0 aliphatic carbocycles. The van der Waals surface area contributed by atoms with Gasteiger partial charge >= 0.3 is 5.97 Å². The van der Waals surface area contributed by atoms with Gasteiger partial charge in [0.25, 0.3) is 0 Å². The molecule has 0 bridgehead atoms. The molecule has 76 valence electrons. The number of pyridine rings is 1. The molecule has 0 saturated heterocycles. The number of anilines is 1. The van der Waals surface area contributed by atoms with Crippen molar-refractivity contribution in [3.63, 3.8) is 0 Å². The van der Waals surface area contributed by atoms with E-state index in [1.54, 1.807) is 19.1 Å². The molecular formula is C9H13N3O2. The summed E-state index contributed by atoms with van der Waals surface area (Å²) < 4.78 is 0. The Morgan fingerprint density at radius 2 is 2.29 bits per heavy atom. The van der Waals surface area contributed by atoms with E-state index in [-0.39, 0.29) is 6.42 Å². The molecule has 1 aromatic heterocycles.